The molecule has 2 aliphatic carbocycles. The third-order valence-corrected chi connectivity index (χ3v) is 11.2. The van der Waals surface area contributed by atoms with Crippen molar-refractivity contribution in [1.29, 1.82) is 0 Å². The molecule has 248 valence electrons. The monoisotopic (exact) mass is 699 g/mol. The summed E-state index contributed by atoms with van der Waals surface area (Å²) < 4.78 is 43.7. The number of rotatable bonds is 5. The molecular weight excluding hydrogens is 674 g/mol. The second-order valence-electron chi connectivity index (χ2n) is 12.3. The zero-order valence-electron chi connectivity index (χ0n) is 25.0. The normalized spacial score (nSPS) is 29.8. The van der Waals surface area contributed by atoms with Crippen molar-refractivity contribution in [2.24, 2.45) is 17.8 Å². The van der Waals surface area contributed by atoms with Gasteiger partial charge in [-0.25, -0.2) is 0 Å². The van der Waals surface area contributed by atoms with Crippen LogP contribution in [0, 0.1) is 17.8 Å². The average Bonchev–Trinajstić information content (AvgIpc) is 3.37. The topological polar surface area (TPSA) is 116 Å². The molecule has 9 nitrogen and oxygen atoms in total. The molecule has 48 heavy (non-hydrogen) atoms. The van der Waals surface area contributed by atoms with Crippen LogP contribution in [0.3, 0.4) is 0 Å². The van der Waals surface area contributed by atoms with Crippen LogP contribution in [0.25, 0.3) is 0 Å². The van der Waals surface area contributed by atoms with E-state index in [1.807, 2.05) is 30.3 Å². The Bertz CT molecular complexity index is 1910. The Kier molecular flexibility index (Phi) is 7.33. The molecule has 3 fully saturated rings. The van der Waals surface area contributed by atoms with Gasteiger partial charge in [-0.1, -0.05) is 29.8 Å². The molecule has 3 aromatic carbocycles. The highest BCUT2D eigenvalue weighted by Gasteiger charge is 2.76. The summed E-state index contributed by atoms with van der Waals surface area (Å²) in [6.45, 7) is 0. The van der Waals surface area contributed by atoms with Gasteiger partial charge in [-0.2, -0.15) is 0 Å². The molecule has 2 saturated heterocycles. The average molecular weight is 700 g/mol. The number of nitrogens with zero attached hydrogens (tertiary/aromatic N) is 2. The van der Waals surface area contributed by atoms with Crippen molar-refractivity contribution in [3.05, 3.63) is 90.0 Å². The maximum atomic E-state index is 14.2. The number of anilines is 3. The molecule has 6 atom stereocenters. The number of phenols is 1. The quantitative estimate of drug-likeness (QED) is 0.184. The second kappa shape index (κ2) is 11.0. The summed E-state index contributed by atoms with van der Waals surface area (Å²) in [6, 6.07) is 18.8. The summed E-state index contributed by atoms with van der Waals surface area (Å²) in [6.07, 6.45) is -3.75. The molecule has 2 N–H and O–H groups in total. The summed E-state index contributed by atoms with van der Waals surface area (Å²) >= 11 is 14.2. The van der Waals surface area contributed by atoms with Gasteiger partial charge in [-0.3, -0.25) is 29.0 Å². The molecule has 4 amide bonds. The summed E-state index contributed by atoms with van der Waals surface area (Å²) in [5.74, 6) is -8.35. The zero-order chi connectivity index (χ0) is 34.3. The molecule has 2 aliphatic heterocycles. The number of halogens is 5. The Labute approximate surface area is 281 Å². The van der Waals surface area contributed by atoms with Crippen molar-refractivity contribution in [2.75, 3.05) is 17.3 Å². The highest BCUT2D eigenvalue weighted by Crippen LogP contribution is 2.66. The smallest absolute Gasteiger partial charge is 0.508 e. The fourth-order valence-electron chi connectivity index (χ4n) is 7.69. The van der Waals surface area contributed by atoms with E-state index in [0.29, 0.717) is 16.9 Å². The van der Waals surface area contributed by atoms with Crippen LogP contribution in [0.2, 0.25) is 0 Å². The van der Waals surface area contributed by atoms with Crippen LogP contribution in [-0.4, -0.2) is 56.8 Å². The van der Waals surface area contributed by atoms with Crippen molar-refractivity contribution in [1.82, 2.24) is 4.90 Å². The lowest BCUT2D eigenvalue weighted by Gasteiger charge is -2.50. The third-order valence-electron chi connectivity index (χ3n) is 9.75. The third kappa shape index (κ3) is 4.67. The number of ether oxygens (including phenoxy) is 1. The minimum atomic E-state index is -5.08. The Morgan fingerprint density at radius 3 is 2.23 bits per heavy atom. The van der Waals surface area contributed by atoms with Crippen molar-refractivity contribution in [3.8, 4) is 11.5 Å². The van der Waals surface area contributed by atoms with Crippen LogP contribution < -0.4 is 15.0 Å². The van der Waals surface area contributed by atoms with Crippen molar-refractivity contribution in [2.45, 2.75) is 34.9 Å². The molecule has 14 heteroatoms. The summed E-state index contributed by atoms with van der Waals surface area (Å²) in [5.41, 5.74) is 1.93. The molecule has 1 saturated carbocycles. The lowest BCUT2D eigenvalue weighted by Crippen LogP contribution is -2.60. The van der Waals surface area contributed by atoms with Gasteiger partial charge in [0.2, 0.25) is 11.8 Å². The predicted molar refractivity (Wildman–Crippen MR) is 169 cm³/mol. The number of hydrogen-bond acceptors (Lipinski definition) is 7. The van der Waals surface area contributed by atoms with Gasteiger partial charge in [0.1, 0.15) is 11.5 Å². The van der Waals surface area contributed by atoms with Gasteiger partial charge in [0.15, 0.2) is 9.75 Å². The Morgan fingerprint density at radius 1 is 0.896 bits per heavy atom. The van der Waals surface area contributed by atoms with Crippen LogP contribution in [0.15, 0.2) is 84.4 Å². The Morgan fingerprint density at radius 2 is 1.56 bits per heavy atom. The van der Waals surface area contributed by atoms with Crippen molar-refractivity contribution in [3.63, 3.8) is 0 Å². The molecule has 0 aromatic heterocycles. The van der Waals surface area contributed by atoms with Crippen LogP contribution in [0.1, 0.15) is 24.3 Å². The molecule has 7 rings (SSSR count). The fraction of sp³-hybridized carbons (Fsp3) is 0.294. The Hall–Kier alpha value is -4.55. The van der Waals surface area contributed by atoms with Crippen molar-refractivity contribution < 1.29 is 42.2 Å². The predicted octanol–water partition coefficient (Wildman–Crippen LogP) is 6.23. The van der Waals surface area contributed by atoms with Crippen LogP contribution in [-0.2, 0) is 19.2 Å². The number of carbonyl (C=O) groups excluding carboxylic acids is 4. The van der Waals surface area contributed by atoms with Gasteiger partial charge >= 0.3 is 6.36 Å². The number of allylic oxidation sites excluding steroid dienone is 2. The van der Waals surface area contributed by atoms with Gasteiger partial charge in [0, 0.05) is 29.9 Å². The number of para-hydroxylation sites is 1. The number of carbonyl (C=O) groups is 4. The van der Waals surface area contributed by atoms with Crippen LogP contribution in [0.5, 0.6) is 11.5 Å². The number of aromatic hydroxyl groups is 1. The number of alkyl halides is 5. The number of phenolic OH excluding ortho intramolecular Hbond substituents is 1. The molecule has 0 spiro atoms. The molecular formula is C34H26Cl2F3N3O6. The number of fused-ring (bicyclic) bond motifs is 4. The van der Waals surface area contributed by atoms with Crippen LogP contribution >= 0.6 is 23.2 Å². The van der Waals surface area contributed by atoms with E-state index in [1.54, 1.807) is 30.3 Å². The van der Waals surface area contributed by atoms with Gasteiger partial charge in [-0.05, 0) is 73.4 Å². The first-order valence-corrected chi connectivity index (χ1v) is 15.7. The first-order valence-electron chi connectivity index (χ1n) is 14.9. The lowest BCUT2D eigenvalue weighted by atomic mass is 9.56. The van der Waals surface area contributed by atoms with E-state index in [9.17, 15) is 37.5 Å². The lowest BCUT2D eigenvalue weighted by molar-refractivity contribution is -0.274. The summed E-state index contributed by atoms with van der Waals surface area (Å²) in [4.78, 5) is 52.7. The number of benzene rings is 3. The Balaban J connectivity index is 1.29. The number of hydrogen-bond donors (Lipinski definition) is 2. The van der Waals surface area contributed by atoms with Gasteiger partial charge in [-0.15, -0.1) is 36.4 Å². The first kappa shape index (κ1) is 32.0. The highest BCUT2D eigenvalue weighted by molar-refractivity contribution is 6.53. The van der Waals surface area contributed by atoms with E-state index in [-0.39, 0.29) is 18.4 Å². The van der Waals surface area contributed by atoms with Crippen molar-refractivity contribution >= 4 is 63.9 Å². The van der Waals surface area contributed by atoms with E-state index >= 15 is 0 Å². The minimum Gasteiger partial charge on any atom is -0.508 e. The number of nitrogens with one attached hydrogen (secondary N) is 1. The van der Waals surface area contributed by atoms with E-state index in [4.69, 9.17) is 23.2 Å². The number of imide groups is 2. The van der Waals surface area contributed by atoms with E-state index in [2.05, 4.69) is 10.1 Å². The molecule has 4 aliphatic rings. The first-order chi connectivity index (χ1) is 22.7. The number of amides is 4. The fourth-order valence-corrected chi connectivity index (χ4v) is 8.70. The maximum Gasteiger partial charge on any atom is 0.573 e. The molecule has 3 aromatic rings. The van der Waals surface area contributed by atoms with E-state index < -0.39 is 74.9 Å². The molecule has 0 radical (unpaired) electrons. The molecule has 0 bridgehead atoms. The van der Waals surface area contributed by atoms with Gasteiger partial charge < -0.3 is 15.2 Å². The summed E-state index contributed by atoms with van der Waals surface area (Å²) in [7, 11) is 1.18. The minimum absolute atomic E-state index is 0.0292. The van der Waals surface area contributed by atoms with Gasteiger partial charge in [0.05, 0.1) is 17.5 Å². The van der Waals surface area contributed by atoms with E-state index in [1.165, 1.54) is 7.05 Å². The number of likely N-dealkylation sites (tertiary alicyclic amines) is 1. The standard InChI is InChI=1S/C34H26Cl2F3N3O6/c1-41-30(46)32(35)16-24-21(27(33(32,36)31(41)47)23-15-20(11-14-25(23)43)48-34(37,38)39)12-13-22-26(24)29(45)42(28(22)44)19-9-7-18(8-10-19)40-17-5-3-2-4-6-17/h2-12,14-15,22,24,26-27,40,43H,13,16H2,1H3/t22-,24+,26-,27+,32+,33-/m0/s1. The zero-order valence-corrected chi connectivity index (χ0v) is 26.5. The SMILES string of the molecule is CN1C(=O)[C@]2(Cl)C[C@@H]3C(=CC[C@@H]4C(=O)N(c5ccc(Nc6ccccc6)cc5)C(=O)[C@@H]43)[C@H](c3cc(OC(F)(F)F)ccc3O)[C@]2(Cl)C1=O. The second-order valence-corrected chi connectivity index (χ2v) is 13.6. The summed E-state index contributed by atoms with van der Waals surface area (Å²) in [5, 5.41) is 14.2. The maximum absolute atomic E-state index is 14.2. The largest absolute Gasteiger partial charge is 0.573 e. The van der Waals surface area contributed by atoms with Gasteiger partial charge in [0.25, 0.3) is 11.8 Å². The molecule has 2 heterocycles. The van der Waals surface area contributed by atoms with Crippen LogP contribution in [0.4, 0.5) is 30.2 Å². The molecule has 0 unspecified atom stereocenters. The highest BCUT2D eigenvalue weighted by atomic mass is 35.5. The van der Waals surface area contributed by atoms with E-state index in [0.717, 1.165) is 33.7 Å².